The van der Waals surface area contributed by atoms with Crippen LogP contribution in [0.15, 0.2) is 50.4 Å². The summed E-state index contributed by atoms with van der Waals surface area (Å²) in [6.07, 6.45) is 0.879. The fourth-order valence-electron chi connectivity index (χ4n) is 2.45. The fourth-order valence-corrected chi connectivity index (χ4v) is 3.87. The first-order valence-electron chi connectivity index (χ1n) is 7.53. The largest absolute Gasteiger partial charge is 0.450 e. The average molecular weight is 410 g/mol. The number of furan rings is 1. The number of benzene rings is 1. The maximum Gasteiger partial charge on any atom is 0.374 e. The van der Waals surface area contributed by atoms with Crippen LogP contribution < -0.4 is 4.90 Å². The van der Waals surface area contributed by atoms with Crippen LogP contribution in [0.25, 0.3) is 0 Å². The van der Waals surface area contributed by atoms with Crippen molar-refractivity contribution in [3.63, 3.8) is 0 Å². The molecule has 0 unspecified atom stereocenters. The molecule has 0 N–H and O–H groups in total. The number of hydrogen-bond acceptors (Lipinski definition) is 5. The topological polar surface area (TPSA) is 59.8 Å². The highest BCUT2D eigenvalue weighted by molar-refractivity contribution is 9.10. The molecule has 0 fully saturated rings. The summed E-state index contributed by atoms with van der Waals surface area (Å²) in [6.45, 7) is 2.43. The van der Waals surface area contributed by atoms with Crippen molar-refractivity contribution >= 4 is 45.3 Å². The van der Waals surface area contributed by atoms with Gasteiger partial charge >= 0.3 is 5.97 Å². The van der Waals surface area contributed by atoms with Crippen molar-refractivity contribution in [2.75, 3.05) is 18.1 Å². The summed E-state index contributed by atoms with van der Waals surface area (Å²) in [5.41, 5.74) is 0.869. The summed E-state index contributed by atoms with van der Waals surface area (Å²) >= 11 is 4.88. The zero-order valence-electron chi connectivity index (χ0n) is 13.0. The highest BCUT2D eigenvalue weighted by Gasteiger charge is 2.25. The number of fused-ring (bicyclic) bond motifs is 1. The van der Waals surface area contributed by atoms with E-state index in [1.54, 1.807) is 22.7 Å². The number of nitrogens with zero attached hydrogens (tertiary/aromatic N) is 1. The van der Waals surface area contributed by atoms with Crippen LogP contribution in [-0.2, 0) is 9.53 Å². The molecule has 1 aliphatic heterocycles. The molecule has 126 valence electrons. The monoisotopic (exact) mass is 409 g/mol. The summed E-state index contributed by atoms with van der Waals surface area (Å²) in [7, 11) is 0. The molecule has 0 saturated carbocycles. The molecule has 5 nitrogen and oxygen atoms in total. The molecule has 1 aliphatic rings. The Morgan fingerprint density at radius 2 is 2.12 bits per heavy atom. The van der Waals surface area contributed by atoms with E-state index in [9.17, 15) is 9.59 Å². The van der Waals surface area contributed by atoms with E-state index in [1.807, 2.05) is 24.3 Å². The SMILES string of the molecule is C[C@H]1CCN(C(=O)COC(=O)c2ccc(Br)o2)c2ccccc2S1. The Kier molecular flexibility index (Phi) is 5.30. The molecule has 1 aromatic heterocycles. The number of carbonyl (C=O) groups is 2. The van der Waals surface area contributed by atoms with E-state index >= 15 is 0 Å². The molecule has 0 aliphatic carbocycles. The van der Waals surface area contributed by atoms with Gasteiger partial charge in [0.05, 0.1) is 5.69 Å². The molecule has 0 spiro atoms. The quantitative estimate of drug-likeness (QED) is 0.713. The van der Waals surface area contributed by atoms with Crippen LogP contribution in [0.1, 0.15) is 23.9 Å². The van der Waals surface area contributed by atoms with Crippen molar-refractivity contribution in [1.29, 1.82) is 0 Å². The zero-order valence-corrected chi connectivity index (χ0v) is 15.4. The van der Waals surface area contributed by atoms with Gasteiger partial charge in [-0.15, -0.1) is 11.8 Å². The van der Waals surface area contributed by atoms with Gasteiger partial charge in [0.2, 0.25) is 5.76 Å². The Morgan fingerprint density at radius 3 is 2.88 bits per heavy atom. The predicted molar refractivity (Wildman–Crippen MR) is 95.4 cm³/mol. The lowest BCUT2D eigenvalue weighted by Crippen LogP contribution is -2.35. The number of amides is 1. The van der Waals surface area contributed by atoms with E-state index < -0.39 is 5.97 Å². The van der Waals surface area contributed by atoms with Crippen molar-refractivity contribution < 1.29 is 18.7 Å². The van der Waals surface area contributed by atoms with Gasteiger partial charge in [-0.25, -0.2) is 4.79 Å². The second-order valence-corrected chi connectivity index (χ2v) is 7.67. The molecular formula is C17H16BrNO4S. The van der Waals surface area contributed by atoms with Crippen molar-refractivity contribution in [3.05, 3.63) is 46.8 Å². The van der Waals surface area contributed by atoms with Crippen molar-refractivity contribution in [1.82, 2.24) is 0 Å². The minimum atomic E-state index is -0.653. The second-order valence-electron chi connectivity index (χ2n) is 5.41. The zero-order chi connectivity index (χ0) is 17.1. The Morgan fingerprint density at radius 1 is 1.33 bits per heavy atom. The van der Waals surface area contributed by atoms with E-state index in [-0.39, 0.29) is 18.3 Å². The summed E-state index contributed by atoms with van der Waals surface area (Å²) < 4.78 is 10.7. The minimum absolute atomic E-state index is 0.0649. The Balaban J connectivity index is 1.69. The Labute approximate surface area is 152 Å². The van der Waals surface area contributed by atoms with Gasteiger partial charge in [-0.3, -0.25) is 4.79 Å². The van der Waals surface area contributed by atoms with Gasteiger partial charge in [0.1, 0.15) is 0 Å². The fraction of sp³-hybridized carbons (Fsp3) is 0.294. The molecule has 0 radical (unpaired) electrons. The number of halogens is 1. The van der Waals surface area contributed by atoms with Crippen LogP contribution in [0.3, 0.4) is 0 Å². The van der Waals surface area contributed by atoms with E-state index in [4.69, 9.17) is 9.15 Å². The molecule has 0 saturated heterocycles. The molecule has 2 aromatic rings. The first-order chi connectivity index (χ1) is 11.5. The molecule has 3 rings (SSSR count). The first kappa shape index (κ1) is 17.1. The number of carbonyl (C=O) groups excluding carboxylic acids is 2. The van der Waals surface area contributed by atoms with Gasteiger partial charge in [0, 0.05) is 16.7 Å². The van der Waals surface area contributed by atoms with Gasteiger partial charge in [-0.1, -0.05) is 19.1 Å². The van der Waals surface area contributed by atoms with Gasteiger partial charge < -0.3 is 14.1 Å². The lowest BCUT2D eigenvalue weighted by Gasteiger charge is -2.22. The van der Waals surface area contributed by atoms with Crippen LogP contribution in [0, 0.1) is 0 Å². The Bertz CT molecular complexity index is 761. The summed E-state index contributed by atoms with van der Waals surface area (Å²) in [6, 6.07) is 10.9. The van der Waals surface area contributed by atoms with Crippen LogP contribution in [0.5, 0.6) is 0 Å². The predicted octanol–water partition coefficient (Wildman–Crippen LogP) is 4.12. The van der Waals surface area contributed by atoms with Crippen molar-refractivity contribution in [3.8, 4) is 0 Å². The van der Waals surface area contributed by atoms with E-state index in [2.05, 4.69) is 22.9 Å². The molecule has 1 amide bonds. The minimum Gasteiger partial charge on any atom is -0.450 e. The van der Waals surface area contributed by atoms with Crippen molar-refractivity contribution in [2.24, 2.45) is 0 Å². The normalized spacial score (nSPS) is 17.1. The summed E-state index contributed by atoms with van der Waals surface area (Å²) in [4.78, 5) is 27.2. The maximum atomic E-state index is 12.6. The smallest absolute Gasteiger partial charge is 0.374 e. The molecule has 2 heterocycles. The number of para-hydroxylation sites is 1. The number of ether oxygens (including phenoxy) is 1. The maximum absolute atomic E-state index is 12.6. The Hall–Kier alpha value is -1.73. The highest BCUT2D eigenvalue weighted by Crippen LogP contribution is 2.37. The highest BCUT2D eigenvalue weighted by atomic mass is 79.9. The van der Waals surface area contributed by atoms with Crippen LogP contribution >= 0.6 is 27.7 Å². The summed E-state index contributed by atoms with van der Waals surface area (Å²) in [5, 5.41) is 0.423. The number of anilines is 1. The molecular weight excluding hydrogens is 394 g/mol. The average Bonchev–Trinajstić information content (AvgIpc) is 2.92. The van der Waals surface area contributed by atoms with Crippen LogP contribution in [0.4, 0.5) is 5.69 Å². The number of thioether (sulfide) groups is 1. The third-order valence-electron chi connectivity index (χ3n) is 3.65. The molecule has 1 atom stereocenters. The van der Waals surface area contributed by atoms with Crippen molar-refractivity contribution in [2.45, 2.75) is 23.5 Å². The molecule has 24 heavy (non-hydrogen) atoms. The lowest BCUT2D eigenvalue weighted by molar-refractivity contribution is -0.121. The van der Waals surface area contributed by atoms with Gasteiger partial charge in [0.15, 0.2) is 11.3 Å². The third kappa shape index (κ3) is 3.84. The lowest BCUT2D eigenvalue weighted by atomic mass is 10.2. The summed E-state index contributed by atoms with van der Waals surface area (Å²) in [5.74, 6) is -0.828. The number of hydrogen-bond donors (Lipinski definition) is 0. The van der Waals surface area contributed by atoms with E-state index in [0.717, 1.165) is 17.0 Å². The molecule has 0 bridgehead atoms. The molecule has 1 aromatic carbocycles. The molecule has 7 heteroatoms. The number of esters is 1. The van der Waals surface area contributed by atoms with Crippen LogP contribution in [0.2, 0.25) is 0 Å². The first-order valence-corrected chi connectivity index (χ1v) is 9.20. The van der Waals surface area contributed by atoms with Crippen LogP contribution in [-0.4, -0.2) is 30.3 Å². The second kappa shape index (κ2) is 7.44. The third-order valence-corrected chi connectivity index (χ3v) is 5.31. The van der Waals surface area contributed by atoms with Gasteiger partial charge in [-0.05, 0) is 46.6 Å². The van der Waals surface area contributed by atoms with Gasteiger partial charge in [0.25, 0.3) is 5.91 Å². The van der Waals surface area contributed by atoms with E-state index in [1.165, 1.54) is 6.07 Å². The van der Waals surface area contributed by atoms with E-state index in [0.29, 0.717) is 16.5 Å². The van der Waals surface area contributed by atoms with Gasteiger partial charge in [-0.2, -0.15) is 0 Å². The number of rotatable bonds is 3. The standard InChI is InChI=1S/C17H16BrNO4S/c1-11-8-9-19(12-4-2-3-5-14(12)24-11)16(20)10-22-17(21)13-6-7-15(18)23-13/h2-7,11H,8-10H2,1H3/t11-/m0/s1.